The number of imide groups is 1. The topological polar surface area (TPSA) is 160 Å². The number of amides is 2. The number of rotatable bonds is 9. The zero-order chi connectivity index (χ0) is 32.6. The maximum absolute atomic E-state index is 14.0. The van der Waals surface area contributed by atoms with Gasteiger partial charge < -0.3 is 14.8 Å². The molecule has 2 saturated carbocycles. The fourth-order valence-corrected chi connectivity index (χ4v) is 11.2. The Morgan fingerprint density at radius 1 is 1.13 bits per heavy atom. The van der Waals surface area contributed by atoms with Gasteiger partial charge in [0.15, 0.2) is 0 Å². The molecule has 2 bridgehead atoms. The molecule has 1 aromatic heterocycles. The summed E-state index contributed by atoms with van der Waals surface area (Å²) in [6.45, 7) is 3.87. The van der Waals surface area contributed by atoms with E-state index in [0.29, 0.717) is 32.7 Å². The summed E-state index contributed by atoms with van der Waals surface area (Å²) in [5, 5.41) is 23.1. The minimum atomic E-state index is -1.24. The van der Waals surface area contributed by atoms with Crippen LogP contribution in [-0.2, 0) is 21.0 Å². The zero-order valence-electron chi connectivity index (χ0n) is 24.8. The number of hydrogen-bond acceptors (Lipinski definition) is 9. The first-order chi connectivity index (χ1) is 21.9. The number of nitro benzene ring substituents is 1. The largest absolute Gasteiger partial charge is 0.489 e. The molecule has 2 aliphatic carbocycles. The van der Waals surface area contributed by atoms with Crippen LogP contribution in [0.2, 0.25) is 5.02 Å². The molecular weight excluding hydrogens is 654 g/mol. The van der Waals surface area contributed by atoms with Gasteiger partial charge in [-0.15, -0.1) is 11.8 Å². The molecule has 3 heterocycles. The van der Waals surface area contributed by atoms with Crippen LogP contribution < -0.4 is 9.61 Å². The third kappa shape index (κ3) is 4.94. The molecule has 2 aromatic carbocycles. The number of likely N-dealkylation sites (tertiary alicyclic amines) is 1. The first-order valence-electron chi connectivity index (χ1n) is 15.1. The third-order valence-corrected chi connectivity index (χ3v) is 12.7. The summed E-state index contributed by atoms with van der Waals surface area (Å²) in [6, 6.07) is 10.3. The Kier molecular flexibility index (Phi) is 7.76. The number of nitrogens with one attached hydrogen (secondary N) is 1. The second-order valence-corrected chi connectivity index (χ2v) is 15.5. The van der Waals surface area contributed by atoms with E-state index in [1.165, 1.54) is 23.9 Å². The lowest BCUT2D eigenvalue weighted by Gasteiger charge is -2.43. The summed E-state index contributed by atoms with van der Waals surface area (Å²) >= 11 is 8.57. The highest BCUT2D eigenvalue weighted by Gasteiger charge is 2.70. The van der Waals surface area contributed by atoms with Crippen LogP contribution >= 0.6 is 34.7 Å². The molecule has 3 fully saturated rings. The van der Waals surface area contributed by atoms with Crippen molar-refractivity contribution in [2.45, 2.75) is 55.5 Å². The van der Waals surface area contributed by atoms with E-state index in [1.807, 2.05) is 26.0 Å². The average Bonchev–Trinajstić information content (AvgIpc) is 3.74. The molecule has 7 unspecified atom stereocenters. The molecule has 14 heteroatoms. The van der Waals surface area contributed by atoms with Gasteiger partial charge in [0.05, 0.1) is 21.8 Å². The average molecular weight is 684 g/mol. The number of nitrogens with zero attached hydrogens (tertiary/aromatic N) is 2. The number of fused-ring (bicyclic) bond motifs is 9. The number of halogens is 1. The first kappa shape index (κ1) is 30.9. The Morgan fingerprint density at radius 2 is 1.83 bits per heavy atom. The lowest BCUT2D eigenvalue weighted by molar-refractivity contribution is -0.385. The van der Waals surface area contributed by atoms with Gasteiger partial charge >= 0.3 is 10.8 Å². The fraction of sp³-hybridized carbons (Fsp3) is 0.438. The van der Waals surface area contributed by atoms with Crippen LogP contribution in [0.15, 0.2) is 52.3 Å². The molecule has 7 rings (SSSR count). The summed E-state index contributed by atoms with van der Waals surface area (Å²) in [7, 11) is 0. The van der Waals surface area contributed by atoms with Gasteiger partial charge in [-0.1, -0.05) is 48.9 Å². The quantitative estimate of drug-likeness (QED) is 0.167. The second-order valence-electron chi connectivity index (χ2n) is 12.9. The molecule has 8 atom stereocenters. The van der Waals surface area contributed by atoms with Gasteiger partial charge in [0.2, 0.25) is 11.8 Å². The summed E-state index contributed by atoms with van der Waals surface area (Å²) in [4.78, 5) is 68.8. The molecule has 2 N–H and O–H groups in total. The summed E-state index contributed by atoms with van der Waals surface area (Å²) in [5.74, 6) is -4.34. The number of thiazole rings is 1. The Balaban J connectivity index is 1.31. The molecule has 1 saturated heterocycles. The van der Waals surface area contributed by atoms with E-state index < -0.39 is 46.5 Å². The number of carboxylic acids is 1. The van der Waals surface area contributed by atoms with Gasteiger partial charge in [-0.3, -0.25) is 29.4 Å². The lowest BCUT2D eigenvalue weighted by Crippen LogP contribution is -2.47. The molecule has 0 spiro atoms. The van der Waals surface area contributed by atoms with E-state index in [4.69, 9.17) is 16.3 Å². The van der Waals surface area contributed by atoms with E-state index in [0.717, 1.165) is 21.8 Å². The maximum Gasteiger partial charge on any atom is 0.326 e. The lowest BCUT2D eigenvalue weighted by atomic mass is 9.68. The number of H-pyrrole nitrogens is 1. The van der Waals surface area contributed by atoms with Crippen molar-refractivity contribution in [2.75, 3.05) is 0 Å². The Morgan fingerprint density at radius 3 is 2.48 bits per heavy atom. The van der Waals surface area contributed by atoms with Crippen molar-refractivity contribution in [3.05, 3.63) is 83.3 Å². The van der Waals surface area contributed by atoms with E-state index in [1.54, 1.807) is 18.2 Å². The van der Waals surface area contributed by atoms with Crippen LogP contribution in [0.4, 0.5) is 5.69 Å². The minimum absolute atomic E-state index is 0.0469. The number of non-ortho nitro benzene ring substituents is 1. The number of ether oxygens (including phenoxy) is 1. The highest BCUT2D eigenvalue weighted by atomic mass is 35.5. The predicted molar refractivity (Wildman–Crippen MR) is 170 cm³/mol. The summed E-state index contributed by atoms with van der Waals surface area (Å²) in [5.41, 5.74) is 1.24. The molecule has 2 aliphatic heterocycles. The third-order valence-electron chi connectivity index (χ3n) is 9.90. The van der Waals surface area contributed by atoms with E-state index in [9.17, 15) is 34.4 Å². The summed E-state index contributed by atoms with van der Waals surface area (Å²) in [6.07, 6.45) is 0.753. The SMILES string of the molecule is CC(C)CC(C(=O)O)N1C(=O)C2C3CC(C2C1=O)C1C3Sc2[nH]c(=O)sc2[C@@H]1c1cc([N+](=O)[O-])ccc1OCc1ccc(Cl)cc1. The number of aliphatic carboxylic acids is 1. The van der Waals surface area contributed by atoms with Crippen molar-refractivity contribution in [3.63, 3.8) is 0 Å². The second kappa shape index (κ2) is 11.5. The Bertz CT molecular complexity index is 1820. The van der Waals surface area contributed by atoms with Crippen LogP contribution in [0.1, 0.15) is 48.6 Å². The number of carbonyl (C=O) groups is 3. The van der Waals surface area contributed by atoms with E-state index in [2.05, 4.69) is 4.98 Å². The number of aromatic nitrogens is 1. The molecule has 0 radical (unpaired) electrons. The van der Waals surface area contributed by atoms with Crippen molar-refractivity contribution in [3.8, 4) is 5.75 Å². The molecule has 3 aromatic rings. The molecule has 4 aliphatic rings. The number of aromatic amines is 1. The standard InChI is InChI=1S/C32H30ClN3O8S2/c1-13(2)9-20(31(39)40)35-29(37)24-18-11-19(25(24)30(35)38)26-23(18)22(27-28(45-26)34-32(41)46-27)17-10-16(36(42)43)7-8-21(17)44-12-14-3-5-15(33)6-4-14/h3-8,10,13,18-20,22-26H,9,11-12H2,1-2H3,(H,34,41)(H,39,40)/t18?,19?,20?,22-,23?,24?,25?,26?/m1/s1. The fourth-order valence-electron chi connectivity index (χ4n) is 8.22. The highest BCUT2D eigenvalue weighted by Crippen LogP contribution is 2.69. The zero-order valence-corrected chi connectivity index (χ0v) is 27.1. The van der Waals surface area contributed by atoms with Crippen LogP contribution in [0.25, 0.3) is 0 Å². The van der Waals surface area contributed by atoms with Gasteiger partial charge in [0, 0.05) is 38.8 Å². The number of thioether (sulfide) groups is 1. The molecule has 240 valence electrons. The minimum Gasteiger partial charge on any atom is -0.489 e. The van der Waals surface area contributed by atoms with Crippen molar-refractivity contribution < 1.29 is 29.2 Å². The predicted octanol–water partition coefficient (Wildman–Crippen LogP) is 5.55. The Hall–Kier alpha value is -3.68. The van der Waals surface area contributed by atoms with Crippen LogP contribution in [-0.4, -0.2) is 49.0 Å². The smallest absolute Gasteiger partial charge is 0.326 e. The highest BCUT2D eigenvalue weighted by molar-refractivity contribution is 8.00. The van der Waals surface area contributed by atoms with Gasteiger partial charge in [-0.05, 0) is 60.3 Å². The van der Waals surface area contributed by atoms with Gasteiger partial charge in [-0.25, -0.2) is 4.79 Å². The van der Waals surface area contributed by atoms with Gasteiger partial charge in [0.1, 0.15) is 18.4 Å². The molecule has 11 nitrogen and oxygen atoms in total. The van der Waals surface area contributed by atoms with Gasteiger partial charge in [0.25, 0.3) is 5.69 Å². The van der Waals surface area contributed by atoms with E-state index >= 15 is 0 Å². The maximum atomic E-state index is 14.0. The molecule has 46 heavy (non-hydrogen) atoms. The number of hydrogen-bond donors (Lipinski definition) is 2. The van der Waals surface area contributed by atoms with E-state index in [-0.39, 0.29) is 52.5 Å². The van der Waals surface area contributed by atoms with Crippen LogP contribution in [0, 0.1) is 45.6 Å². The number of carboxylic acid groups (broad SMARTS) is 1. The Labute approximate surface area is 276 Å². The van der Waals surface area contributed by atoms with Crippen molar-refractivity contribution in [2.24, 2.45) is 35.5 Å². The van der Waals surface area contributed by atoms with Crippen LogP contribution in [0.5, 0.6) is 5.75 Å². The number of benzene rings is 2. The van der Waals surface area contributed by atoms with Gasteiger partial charge in [-0.2, -0.15) is 0 Å². The number of nitro groups is 1. The normalized spacial score (nSPS) is 28.3. The van der Waals surface area contributed by atoms with Crippen LogP contribution in [0.3, 0.4) is 0 Å². The molecule has 2 amide bonds. The first-order valence-corrected chi connectivity index (χ1v) is 17.2. The van der Waals surface area contributed by atoms with Crippen molar-refractivity contribution >= 4 is 58.2 Å². The number of carbonyl (C=O) groups excluding carboxylic acids is 2. The van der Waals surface area contributed by atoms with Crippen molar-refractivity contribution in [1.29, 1.82) is 0 Å². The summed E-state index contributed by atoms with van der Waals surface area (Å²) < 4.78 is 6.29. The van der Waals surface area contributed by atoms with Crippen molar-refractivity contribution in [1.82, 2.24) is 9.88 Å². The molecular formula is C32H30ClN3O8S2. The monoisotopic (exact) mass is 683 g/mol.